The topological polar surface area (TPSA) is 81.1 Å². The molecule has 39 heavy (non-hydrogen) atoms. The molecular weight excluding hydrogens is 513 g/mol. The SMILES string of the molecule is CC.CCCS(=O)Nc1cccc(-c2cn(-c3ccc(OC4CCNCC4)cc3)nc2-c2ccncc2)c1F. The van der Waals surface area contributed by atoms with Crippen molar-refractivity contribution in [1.29, 1.82) is 0 Å². The Bertz CT molecular complexity index is 1360. The summed E-state index contributed by atoms with van der Waals surface area (Å²) in [7, 11) is -1.35. The van der Waals surface area contributed by atoms with Crippen LogP contribution in [0.5, 0.6) is 5.75 Å². The van der Waals surface area contributed by atoms with E-state index >= 15 is 4.39 Å². The number of pyridine rings is 1. The van der Waals surface area contributed by atoms with Crippen molar-refractivity contribution in [2.24, 2.45) is 0 Å². The van der Waals surface area contributed by atoms with Crippen LogP contribution in [0, 0.1) is 5.82 Å². The van der Waals surface area contributed by atoms with Crippen molar-refractivity contribution in [1.82, 2.24) is 20.1 Å². The minimum absolute atomic E-state index is 0.206. The number of hydrogen-bond acceptors (Lipinski definition) is 5. The van der Waals surface area contributed by atoms with Gasteiger partial charge >= 0.3 is 0 Å². The zero-order valence-corrected chi connectivity index (χ0v) is 23.5. The molecule has 3 heterocycles. The van der Waals surface area contributed by atoms with Gasteiger partial charge in [-0.15, -0.1) is 0 Å². The van der Waals surface area contributed by atoms with E-state index in [1.54, 1.807) is 35.3 Å². The average Bonchev–Trinajstić information content (AvgIpc) is 3.42. The van der Waals surface area contributed by atoms with Crippen molar-refractivity contribution < 1.29 is 13.3 Å². The molecule has 2 N–H and O–H groups in total. The number of aromatic nitrogens is 3. The van der Waals surface area contributed by atoms with Crippen molar-refractivity contribution in [3.63, 3.8) is 0 Å². The van der Waals surface area contributed by atoms with Gasteiger partial charge < -0.3 is 14.8 Å². The molecule has 0 spiro atoms. The molecule has 2 aromatic heterocycles. The molecule has 7 nitrogen and oxygen atoms in total. The molecule has 206 valence electrons. The molecule has 0 saturated carbocycles. The smallest absolute Gasteiger partial charge is 0.155 e. The normalized spacial score (nSPS) is 14.3. The number of rotatable bonds is 9. The fraction of sp³-hybridized carbons (Fsp3) is 0.333. The Morgan fingerprint density at radius 1 is 1.05 bits per heavy atom. The lowest BCUT2D eigenvalue weighted by Crippen LogP contribution is -2.34. The molecule has 1 saturated heterocycles. The molecule has 2 aromatic carbocycles. The summed E-state index contributed by atoms with van der Waals surface area (Å²) in [5.74, 6) is 0.802. The summed E-state index contributed by atoms with van der Waals surface area (Å²) in [6.07, 6.45) is 8.14. The van der Waals surface area contributed by atoms with E-state index in [2.05, 4.69) is 15.0 Å². The van der Waals surface area contributed by atoms with Crippen LogP contribution >= 0.6 is 0 Å². The number of halogens is 1. The zero-order chi connectivity index (χ0) is 27.6. The second kappa shape index (κ2) is 14.0. The van der Waals surface area contributed by atoms with Crippen molar-refractivity contribution >= 4 is 16.7 Å². The minimum atomic E-state index is -1.35. The highest BCUT2D eigenvalue weighted by Crippen LogP contribution is 2.36. The van der Waals surface area contributed by atoms with Gasteiger partial charge in [0, 0.05) is 41.0 Å². The molecule has 1 atom stereocenters. The summed E-state index contributed by atoms with van der Waals surface area (Å²) in [6.45, 7) is 7.88. The van der Waals surface area contributed by atoms with E-state index in [1.165, 1.54) is 0 Å². The third-order valence-corrected chi connectivity index (χ3v) is 7.49. The number of ether oxygens (including phenoxy) is 1. The van der Waals surface area contributed by atoms with Gasteiger partial charge in [0.25, 0.3) is 0 Å². The summed E-state index contributed by atoms with van der Waals surface area (Å²) in [4.78, 5) is 4.11. The molecule has 1 unspecified atom stereocenters. The van der Waals surface area contributed by atoms with Crippen molar-refractivity contribution in [3.05, 3.63) is 79.0 Å². The van der Waals surface area contributed by atoms with Crippen LogP contribution in [0.3, 0.4) is 0 Å². The van der Waals surface area contributed by atoms with Gasteiger partial charge in [-0.3, -0.25) is 4.98 Å². The molecule has 1 fully saturated rings. The van der Waals surface area contributed by atoms with Crippen LogP contribution in [0.15, 0.2) is 73.2 Å². The minimum Gasteiger partial charge on any atom is -0.490 e. The number of anilines is 1. The maximum atomic E-state index is 15.7. The van der Waals surface area contributed by atoms with E-state index in [1.807, 2.05) is 63.4 Å². The van der Waals surface area contributed by atoms with Crippen molar-refractivity contribution in [3.8, 4) is 33.8 Å². The predicted molar refractivity (Wildman–Crippen MR) is 157 cm³/mol. The second-order valence-electron chi connectivity index (χ2n) is 8.95. The summed E-state index contributed by atoms with van der Waals surface area (Å²) >= 11 is 0. The van der Waals surface area contributed by atoms with Gasteiger partial charge in [-0.2, -0.15) is 5.10 Å². The largest absolute Gasteiger partial charge is 0.490 e. The first kappa shape index (κ1) is 28.4. The maximum absolute atomic E-state index is 15.7. The molecule has 0 radical (unpaired) electrons. The first-order valence-electron chi connectivity index (χ1n) is 13.5. The average molecular weight is 550 g/mol. The molecule has 0 bridgehead atoms. The Morgan fingerprint density at radius 3 is 2.46 bits per heavy atom. The fourth-order valence-corrected chi connectivity index (χ4v) is 5.26. The Hall–Kier alpha value is -3.56. The van der Waals surface area contributed by atoms with Crippen LogP contribution in [0.25, 0.3) is 28.1 Å². The van der Waals surface area contributed by atoms with E-state index in [0.717, 1.165) is 49.4 Å². The highest BCUT2D eigenvalue weighted by molar-refractivity contribution is 7.86. The lowest BCUT2D eigenvalue weighted by atomic mass is 10.0. The highest BCUT2D eigenvalue weighted by atomic mass is 32.2. The van der Waals surface area contributed by atoms with Gasteiger partial charge in [-0.05, 0) is 74.8 Å². The van der Waals surface area contributed by atoms with Crippen LogP contribution in [0.1, 0.15) is 40.0 Å². The third-order valence-electron chi connectivity index (χ3n) is 6.26. The zero-order valence-electron chi connectivity index (χ0n) is 22.7. The first-order chi connectivity index (χ1) is 19.1. The molecular formula is C30H36FN5O2S. The van der Waals surface area contributed by atoms with Crippen LogP contribution in [0.2, 0.25) is 0 Å². The van der Waals surface area contributed by atoms with E-state index in [9.17, 15) is 4.21 Å². The number of benzene rings is 2. The lowest BCUT2D eigenvalue weighted by molar-refractivity contribution is 0.162. The standard InChI is InChI=1S/C28H30FN5O2S.C2H6/c1-2-18-37(35)33-26-5-3-4-24(27(26)29)25-19-34(32-28(25)20-10-14-30-15-11-20)21-6-8-22(9-7-21)36-23-12-16-31-17-13-23;1-2/h3-11,14-15,19,23,31,33H,2,12-13,16-18H2,1H3;1-2H3. The van der Waals surface area contributed by atoms with Crippen LogP contribution in [0.4, 0.5) is 10.1 Å². The van der Waals surface area contributed by atoms with Crippen LogP contribution in [-0.2, 0) is 11.0 Å². The lowest BCUT2D eigenvalue weighted by Gasteiger charge is -2.23. The summed E-state index contributed by atoms with van der Waals surface area (Å²) in [6, 6.07) is 16.6. The van der Waals surface area contributed by atoms with E-state index in [4.69, 9.17) is 9.84 Å². The number of nitrogens with zero attached hydrogens (tertiary/aromatic N) is 3. The summed E-state index contributed by atoms with van der Waals surface area (Å²) in [5, 5.41) is 8.17. The van der Waals surface area contributed by atoms with E-state index in [-0.39, 0.29) is 11.8 Å². The Balaban J connectivity index is 0.00000172. The van der Waals surface area contributed by atoms with Crippen molar-refractivity contribution in [2.75, 3.05) is 23.6 Å². The van der Waals surface area contributed by atoms with E-state index < -0.39 is 16.8 Å². The first-order valence-corrected chi connectivity index (χ1v) is 14.9. The Kier molecular flexibility index (Phi) is 10.2. The van der Waals surface area contributed by atoms with Gasteiger partial charge in [0.2, 0.25) is 0 Å². The molecule has 1 aliphatic heterocycles. The van der Waals surface area contributed by atoms with Gasteiger partial charge in [0.1, 0.15) is 28.5 Å². The van der Waals surface area contributed by atoms with E-state index in [0.29, 0.717) is 22.6 Å². The molecule has 9 heteroatoms. The van der Waals surface area contributed by atoms with Gasteiger partial charge in [-0.1, -0.05) is 32.9 Å². The summed E-state index contributed by atoms with van der Waals surface area (Å²) in [5.41, 5.74) is 3.49. The quantitative estimate of drug-likeness (QED) is 0.253. The monoisotopic (exact) mass is 549 g/mol. The van der Waals surface area contributed by atoms with Gasteiger partial charge in [-0.25, -0.2) is 13.3 Å². The van der Waals surface area contributed by atoms with Crippen LogP contribution < -0.4 is 14.8 Å². The number of piperidine rings is 1. The molecule has 1 aliphatic rings. The van der Waals surface area contributed by atoms with Crippen molar-refractivity contribution in [2.45, 2.75) is 46.1 Å². The maximum Gasteiger partial charge on any atom is 0.155 e. The van der Waals surface area contributed by atoms with Crippen LogP contribution in [-0.4, -0.2) is 43.9 Å². The third kappa shape index (κ3) is 7.10. The summed E-state index contributed by atoms with van der Waals surface area (Å²) < 4.78 is 38.6. The molecule has 5 rings (SSSR count). The number of nitrogens with one attached hydrogen (secondary N) is 2. The van der Waals surface area contributed by atoms with Gasteiger partial charge in [0.05, 0.1) is 11.4 Å². The highest BCUT2D eigenvalue weighted by Gasteiger charge is 2.20. The Labute approximate surface area is 232 Å². The Morgan fingerprint density at radius 2 is 1.77 bits per heavy atom. The molecule has 0 amide bonds. The number of hydrogen-bond donors (Lipinski definition) is 2. The second-order valence-corrected chi connectivity index (χ2v) is 10.3. The molecule has 4 aromatic rings. The fourth-order valence-electron chi connectivity index (χ4n) is 4.39. The van der Waals surface area contributed by atoms with Gasteiger partial charge in [0.15, 0.2) is 5.82 Å². The predicted octanol–water partition coefficient (Wildman–Crippen LogP) is 6.38. The molecule has 0 aliphatic carbocycles.